The zero-order valence-corrected chi connectivity index (χ0v) is 15.2. The van der Waals surface area contributed by atoms with Crippen LogP contribution in [-0.4, -0.2) is 37.3 Å². The Morgan fingerprint density at radius 2 is 1.71 bits per heavy atom. The maximum absolute atomic E-state index is 12.2. The van der Waals surface area contributed by atoms with Crippen LogP contribution in [0, 0.1) is 0 Å². The summed E-state index contributed by atoms with van der Waals surface area (Å²) in [5.74, 6) is -0.418. The Balaban J connectivity index is 1.89. The van der Waals surface area contributed by atoms with Gasteiger partial charge in [-0.15, -0.1) is 0 Å². The zero-order chi connectivity index (χ0) is 17.7. The molecular formula is C17H17Cl3N2O2. The predicted molar refractivity (Wildman–Crippen MR) is 99.5 cm³/mol. The molecule has 128 valence electrons. The molecule has 2 rings (SSSR count). The Labute approximate surface area is 155 Å². The lowest BCUT2D eigenvalue weighted by atomic mass is 10.2. The molecule has 0 aliphatic heterocycles. The summed E-state index contributed by atoms with van der Waals surface area (Å²) in [6, 6.07) is 12.1. The number of amides is 1. The Kier molecular flexibility index (Phi) is 6.75. The second-order valence-electron chi connectivity index (χ2n) is 5.32. The molecule has 0 aliphatic carbocycles. The minimum atomic E-state index is -0.754. The van der Waals surface area contributed by atoms with Crippen molar-refractivity contribution in [1.82, 2.24) is 5.32 Å². The number of nitrogens with one attached hydrogen (secondary N) is 1. The molecule has 1 atom stereocenters. The van der Waals surface area contributed by atoms with E-state index in [0.29, 0.717) is 11.6 Å². The van der Waals surface area contributed by atoms with Crippen LogP contribution in [0.25, 0.3) is 0 Å². The van der Waals surface area contributed by atoms with Crippen molar-refractivity contribution in [1.29, 1.82) is 0 Å². The summed E-state index contributed by atoms with van der Waals surface area (Å²) in [4.78, 5) is 14.0. The fraction of sp³-hybridized carbons (Fsp3) is 0.235. The molecule has 0 bridgehead atoms. The average Bonchev–Trinajstić information content (AvgIpc) is 2.53. The first kappa shape index (κ1) is 18.9. The fourth-order valence-electron chi connectivity index (χ4n) is 2.20. The highest BCUT2D eigenvalue weighted by atomic mass is 35.5. The number of carbonyl (C=O) groups is 1. The van der Waals surface area contributed by atoms with Gasteiger partial charge in [-0.3, -0.25) is 4.79 Å². The molecule has 0 fully saturated rings. The second-order valence-corrected chi connectivity index (χ2v) is 6.57. The lowest BCUT2D eigenvalue weighted by Gasteiger charge is -2.23. The molecule has 2 aromatic rings. The van der Waals surface area contributed by atoms with Crippen molar-refractivity contribution in [2.24, 2.45) is 0 Å². The van der Waals surface area contributed by atoms with Crippen LogP contribution in [0.5, 0.6) is 0 Å². The van der Waals surface area contributed by atoms with E-state index in [9.17, 15) is 9.90 Å². The quantitative estimate of drug-likeness (QED) is 0.791. The number of halogens is 3. The molecule has 4 nitrogen and oxygen atoms in total. The number of anilines is 1. The van der Waals surface area contributed by atoms with Gasteiger partial charge in [-0.1, -0.05) is 40.9 Å². The van der Waals surface area contributed by atoms with Crippen LogP contribution >= 0.6 is 34.8 Å². The molecule has 2 aromatic carbocycles. The summed E-state index contributed by atoms with van der Waals surface area (Å²) in [5, 5.41) is 14.0. The summed E-state index contributed by atoms with van der Waals surface area (Å²) in [5.41, 5.74) is 1.12. The Hall–Kier alpha value is -1.46. The van der Waals surface area contributed by atoms with E-state index in [0.717, 1.165) is 5.69 Å². The van der Waals surface area contributed by atoms with E-state index in [1.807, 2.05) is 24.1 Å². The zero-order valence-electron chi connectivity index (χ0n) is 13.0. The average molecular weight is 388 g/mol. The number of hydrogen-bond acceptors (Lipinski definition) is 3. The van der Waals surface area contributed by atoms with E-state index >= 15 is 0 Å². The van der Waals surface area contributed by atoms with Crippen molar-refractivity contribution in [2.45, 2.75) is 6.10 Å². The largest absolute Gasteiger partial charge is 0.389 e. The Morgan fingerprint density at radius 1 is 1.12 bits per heavy atom. The maximum Gasteiger partial charge on any atom is 0.254 e. The summed E-state index contributed by atoms with van der Waals surface area (Å²) in [7, 11) is 1.85. The van der Waals surface area contributed by atoms with Crippen molar-refractivity contribution in [2.75, 3.05) is 25.0 Å². The van der Waals surface area contributed by atoms with Gasteiger partial charge in [0.1, 0.15) is 0 Å². The first-order valence-electron chi connectivity index (χ1n) is 7.25. The molecular weight excluding hydrogens is 371 g/mol. The third-order valence-electron chi connectivity index (χ3n) is 3.44. The van der Waals surface area contributed by atoms with E-state index in [1.165, 1.54) is 0 Å². The first-order valence-corrected chi connectivity index (χ1v) is 8.39. The molecule has 2 N–H and O–H groups in total. The van der Waals surface area contributed by atoms with Gasteiger partial charge in [0.25, 0.3) is 5.91 Å². The van der Waals surface area contributed by atoms with Gasteiger partial charge in [-0.25, -0.2) is 0 Å². The summed E-state index contributed by atoms with van der Waals surface area (Å²) >= 11 is 17.8. The summed E-state index contributed by atoms with van der Waals surface area (Å²) < 4.78 is 0. The predicted octanol–water partition coefficient (Wildman–Crippen LogP) is 3.87. The third-order valence-corrected chi connectivity index (χ3v) is 4.32. The molecule has 0 heterocycles. The normalized spacial score (nSPS) is 11.9. The van der Waals surface area contributed by atoms with Gasteiger partial charge in [0, 0.05) is 30.8 Å². The molecule has 7 heteroatoms. The van der Waals surface area contributed by atoms with Crippen molar-refractivity contribution >= 4 is 46.4 Å². The minimum Gasteiger partial charge on any atom is -0.389 e. The van der Waals surface area contributed by atoms with Crippen LogP contribution in [0.15, 0.2) is 42.5 Å². The Bertz CT molecular complexity index is 687. The topological polar surface area (TPSA) is 52.6 Å². The SMILES string of the molecule is CN(CC(O)CNC(=O)c1c(Cl)cccc1Cl)c1ccc(Cl)cc1. The van der Waals surface area contributed by atoms with Crippen LogP contribution < -0.4 is 10.2 Å². The lowest BCUT2D eigenvalue weighted by molar-refractivity contribution is 0.0919. The smallest absolute Gasteiger partial charge is 0.254 e. The van der Waals surface area contributed by atoms with E-state index in [1.54, 1.807) is 30.3 Å². The number of aliphatic hydroxyl groups is 1. The molecule has 1 unspecified atom stereocenters. The fourth-order valence-corrected chi connectivity index (χ4v) is 2.89. The van der Waals surface area contributed by atoms with Crippen molar-refractivity contribution < 1.29 is 9.90 Å². The van der Waals surface area contributed by atoms with E-state index < -0.39 is 12.0 Å². The van der Waals surface area contributed by atoms with Gasteiger partial charge in [-0.2, -0.15) is 0 Å². The van der Waals surface area contributed by atoms with Crippen molar-refractivity contribution in [3.05, 3.63) is 63.1 Å². The highest BCUT2D eigenvalue weighted by molar-refractivity contribution is 6.39. The molecule has 0 aromatic heterocycles. The lowest BCUT2D eigenvalue weighted by Crippen LogP contribution is -2.39. The molecule has 1 amide bonds. The number of aliphatic hydroxyl groups excluding tert-OH is 1. The van der Waals surface area contributed by atoms with Crippen LogP contribution in [0.2, 0.25) is 15.1 Å². The van der Waals surface area contributed by atoms with Gasteiger partial charge in [0.05, 0.1) is 21.7 Å². The van der Waals surface area contributed by atoms with E-state index in [4.69, 9.17) is 34.8 Å². The Morgan fingerprint density at radius 3 is 2.29 bits per heavy atom. The number of rotatable bonds is 6. The number of nitrogens with zero attached hydrogens (tertiary/aromatic N) is 1. The van der Waals surface area contributed by atoms with E-state index in [2.05, 4.69) is 5.32 Å². The minimum absolute atomic E-state index is 0.0817. The molecule has 0 aliphatic rings. The van der Waals surface area contributed by atoms with Gasteiger partial charge >= 0.3 is 0 Å². The maximum atomic E-state index is 12.2. The second kappa shape index (κ2) is 8.58. The molecule has 0 radical (unpaired) electrons. The van der Waals surface area contributed by atoms with Gasteiger partial charge in [0.15, 0.2) is 0 Å². The van der Waals surface area contributed by atoms with Crippen molar-refractivity contribution in [3.63, 3.8) is 0 Å². The molecule has 0 spiro atoms. The summed E-state index contributed by atoms with van der Waals surface area (Å²) in [6.45, 7) is 0.427. The highest BCUT2D eigenvalue weighted by Crippen LogP contribution is 2.24. The number of benzene rings is 2. The monoisotopic (exact) mass is 386 g/mol. The number of carbonyl (C=O) groups excluding carboxylic acids is 1. The van der Waals surface area contributed by atoms with Gasteiger partial charge in [0.2, 0.25) is 0 Å². The number of likely N-dealkylation sites (N-methyl/N-ethyl adjacent to an activating group) is 1. The van der Waals surface area contributed by atoms with Crippen LogP contribution in [-0.2, 0) is 0 Å². The van der Waals surface area contributed by atoms with E-state index in [-0.39, 0.29) is 22.2 Å². The molecule has 0 saturated heterocycles. The standard InChI is InChI=1S/C17H17Cl3N2O2/c1-22(12-7-5-11(18)6-8-12)10-13(23)9-21-17(24)16-14(19)3-2-4-15(16)20/h2-8,13,23H,9-10H2,1H3,(H,21,24). The van der Waals surface area contributed by atoms with Crippen LogP contribution in [0.3, 0.4) is 0 Å². The van der Waals surface area contributed by atoms with Crippen LogP contribution in [0.1, 0.15) is 10.4 Å². The molecule has 24 heavy (non-hydrogen) atoms. The first-order chi connectivity index (χ1) is 11.4. The van der Waals surface area contributed by atoms with Crippen LogP contribution in [0.4, 0.5) is 5.69 Å². The summed E-state index contributed by atoms with van der Waals surface area (Å²) in [6.07, 6.45) is -0.754. The highest BCUT2D eigenvalue weighted by Gasteiger charge is 2.16. The van der Waals surface area contributed by atoms with Gasteiger partial charge in [-0.05, 0) is 36.4 Å². The van der Waals surface area contributed by atoms with Crippen molar-refractivity contribution in [3.8, 4) is 0 Å². The third kappa shape index (κ3) is 5.02. The number of hydrogen-bond donors (Lipinski definition) is 2. The van der Waals surface area contributed by atoms with Gasteiger partial charge < -0.3 is 15.3 Å². The molecule has 0 saturated carbocycles.